The average molecular weight is 354 g/mol. The van der Waals surface area contributed by atoms with Crippen LogP contribution in [0.15, 0.2) is 29.2 Å². The van der Waals surface area contributed by atoms with Gasteiger partial charge in [-0.2, -0.15) is 8.42 Å². The first kappa shape index (κ1) is 17.9. The van der Waals surface area contributed by atoms with E-state index in [-0.39, 0.29) is 22.8 Å². The van der Waals surface area contributed by atoms with Crippen LogP contribution < -0.4 is 0 Å². The minimum absolute atomic E-state index is 0.0363. The molecule has 1 saturated carbocycles. The van der Waals surface area contributed by atoms with Gasteiger partial charge < -0.3 is 9.47 Å². The van der Waals surface area contributed by atoms with E-state index in [1.165, 1.54) is 0 Å². The number of aryl methyl sites for hydroxylation is 1. The molecule has 1 unspecified atom stereocenters. The van der Waals surface area contributed by atoms with Crippen molar-refractivity contribution < 1.29 is 22.1 Å². The Morgan fingerprint density at radius 3 is 2.42 bits per heavy atom. The van der Waals surface area contributed by atoms with E-state index in [1.807, 2.05) is 6.92 Å². The van der Waals surface area contributed by atoms with Gasteiger partial charge in [0.05, 0.1) is 24.7 Å². The average Bonchev–Trinajstić information content (AvgIpc) is 2.93. The Bertz CT molecular complexity index is 668. The Kier molecular flexibility index (Phi) is 4.77. The molecule has 1 aromatic carbocycles. The summed E-state index contributed by atoms with van der Waals surface area (Å²) in [5, 5.41) is 0. The van der Waals surface area contributed by atoms with Gasteiger partial charge in [0.1, 0.15) is 0 Å². The zero-order valence-corrected chi connectivity index (χ0v) is 15.4. The summed E-state index contributed by atoms with van der Waals surface area (Å²) in [6.07, 6.45) is 2.33. The van der Waals surface area contributed by atoms with Crippen LogP contribution in [0.5, 0.6) is 0 Å². The summed E-state index contributed by atoms with van der Waals surface area (Å²) < 4.78 is 41.8. The highest BCUT2D eigenvalue weighted by Crippen LogP contribution is 2.43. The molecule has 1 aliphatic carbocycles. The van der Waals surface area contributed by atoms with Crippen LogP contribution in [0.3, 0.4) is 0 Å². The fraction of sp³-hybridized carbons (Fsp3) is 0.667. The van der Waals surface area contributed by atoms with E-state index in [4.69, 9.17) is 13.7 Å². The highest BCUT2D eigenvalue weighted by atomic mass is 32.2. The molecule has 6 heteroatoms. The molecule has 0 N–H and O–H groups in total. The van der Waals surface area contributed by atoms with Crippen LogP contribution in [0.1, 0.15) is 38.7 Å². The van der Waals surface area contributed by atoms with Crippen LogP contribution in [0.25, 0.3) is 0 Å². The van der Waals surface area contributed by atoms with E-state index in [0.717, 1.165) is 18.4 Å². The second kappa shape index (κ2) is 6.41. The number of benzene rings is 1. The van der Waals surface area contributed by atoms with Crippen LogP contribution in [0.2, 0.25) is 0 Å². The van der Waals surface area contributed by atoms with Crippen LogP contribution in [-0.2, 0) is 23.8 Å². The monoisotopic (exact) mass is 354 g/mol. The maximum absolute atomic E-state index is 12.3. The number of rotatable bonds is 4. The Hall–Kier alpha value is -0.950. The van der Waals surface area contributed by atoms with Crippen LogP contribution in [0, 0.1) is 18.3 Å². The minimum atomic E-state index is -3.71. The molecule has 1 heterocycles. The maximum Gasteiger partial charge on any atom is 0.296 e. The summed E-state index contributed by atoms with van der Waals surface area (Å²) in [5.74, 6) is -0.414. The van der Waals surface area contributed by atoms with Crippen molar-refractivity contribution in [1.82, 2.24) is 0 Å². The standard InChI is InChI=1S/C18H26O5S/c1-14-4-6-16(7-5-14)24(19,20)23-11-15-8-9-18(10-15)21-12-17(2,3)13-22-18/h4-7,15H,8-13H2,1-3H3. The molecular formula is C18H26O5S. The summed E-state index contributed by atoms with van der Waals surface area (Å²) in [6.45, 7) is 7.66. The van der Waals surface area contributed by atoms with E-state index in [1.54, 1.807) is 24.3 Å². The van der Waals surface area contributed by atoms with Gasteiger partial charge in [-0.05, 0) is 31.4 Å². The van der Waals surface area contributed by atoms with Crippen molar-refractivity contribution in [2.45, 2.75) is 50.7 Å². The van der Waals surface area contributed by atoms with Gasteiger partial charge in [-0.1, -0.05) is 31.5 Å². The van der Waals surface area contributed by atoms with Crippen molar-refractivity contribution in [2.24, 2.45) is 11.3 Å². The van der Waals surface area contributed by atoms with E-state index in [2.05, 4.69) is 13.8 Å². The summed E-state index contributed by atoms with van der Waals surface area (Å²) >= 11 is 0. The first-order chi connectivity index (χ1) is 11.2. The molecule has 0 radical (unpaired) electrons. The van der Waals surface area contributed by atoms with Crippen LogP contribution >= 0.6 is 0 Å². The summed E-state index contributed by atoms with van der Waals surface area (Å²) in [5.41, 5.74) is 1.05. The first-order valence-electron chi connectivity index (χ1n) is 8.44. The third-order valence-electron chi connectivity index (χ3n) is 4.75. The number of hydrogen-bond donors (Lipinski definition) is 0. The van der Waals surface area contributed by atoms with Crippen molar-refractivity contribution in [1.29, 1.82) is 0 Å². The van der Waals surface area contributed by atoms with Gasteiger partial charge in [-0.3, -0.25) is 4.18 Å². The van der Waals surface area contributed by atoms with E-state index >= 15 is 0 Å². The quantitative estimate of drug-likeness (QED) is 0.777. The van der Waals surface area contributed by atoms with Crippen molar-refractivity contribution in [3.05, 3.63) is 29.8 Å². The Balaban J connectivity index is 1.55. The molecule has 0 aromatic heterocycles. The lowest BCUT2D eigenvalue weighted by atomic mass is 9.94. The SMILES string of the molecule is Cc1ccc(S(=O)(=O)OCC2CCC3(C2)OCC(C)(C)CO3)cc1. The summed E-state index contributed by atoms with van der Waals surface area (Å²) in [4.78, 5) is 0.202. The van der Waals surface area contributed by atoms with Gasteiger partial charge in [0.15, 0.2) is 5.79 Å². The van der Waals surface area contributed by atoms with Gasteiger partial charge in [0.25, 0.3) is 10.1 Å². The topological polar surface area (TPSA) is 61.8 Å². The smallest absolute Gasteiger partial charge is 0.296 e. The van der Waals surface area contributed by atoms with Crippen molar-refractivity contribution >= 4 is 10.1 Å². The molecule has 1 atom stereocenters. The van der Waals surface area contributed by atoms with E-state index in [9.17, 15) is 8.42 Å². The number of hydrogen-bond acceptors (Lipinski definition) is 5. The maximum atomic E-state index is 12.3. The second-order valence-electron chi connectivity index (χ2n) is 7.81. The molecule has 5 nitrogen and oxygen atoms in total. The van der Waals surface area contributed by atoms with Gasteiger partial charge in [-0.25, -0.2) is 0 Å². The minimum Gasteiger partial charge on any atom is -0.349 e. The molecule has 0 amide bonds. The molecule has 1 aromatic rings. The van der Waals surface area contributed by atoms with Crippen LogP contribution in [-0.4, -0.2) is 34.0 Å². The lowest BCUT2D eigenvalue weighted by molar-refractivity contribution is -0.296. The Morgan fingerprint density at radius 2 is 1.79 bits per heavy atom. The Labute approximate surface area is 144 Å². The molecule has 24 heavy (non-hydrogen) atoms. The van der Waals surface area contributed by atoms with Crippen molar-refractivity contribution in [3.8, 4) is 0 Å². The molecule has 0 bridgehead atoms. The van der Waals surface area contributed by atoms with Gasteiger partial charge in [0, 0.05) is 18.3 Å². The summed E-state index contributed by atoms with van der Waals surface area (Å²) in [7, 11) is -3.71. The summed E-state index contributed by atoms with van der Waals surface area (Å²) in [6, 6.07) is 6.70. The first-order valence-corrected chi connectivity index (χ1v) is 9.85. The molecule has 1 saturated heterocycles. The second-order valence-corrected chi connectivity index (χ2v) is 9.43. The highest BCUT2D eigenvalue weighted by Gasteiger charge is 2.46. The normalized spacial score (nSPS) is 25.9. The van der Waals surface area contributed by atoms with Gasteiger partial charge >= 0.3 is 0 Å². The number of ether oxygens (including phenoxy) is 2. The molecule has 2 aliphatic rings. The molecule has 1 spiro atoms. The predicted molar refractivity (Wildman–Crippen MR) is 90.1 cm³/mol. The Morgan fingerprint density at radius 1 is 1.17 bits per heavy atom. The fourth-order valence-electron chi connectivity index (χ4n) is 3.17. The predicted octanol–water partition coefficient (Wildman–Crippen LogP) is 3.27. The van der Waals surface area contributed by atoms with Crippen molar-refractivity contribution in [3.63, 3.8) is 0 Å². The molecule has 3 rings (SSSR count). The molecule has 1 aliphatic heterocycles. The highest BCUT2D eigenvalue weighted by molar-refractivity contribution is 7.86. The van der Waals surface area contributed by atoms with Crippen LogP contribution in [0.4, 0.5) is 0 Å². The fourth-order valence-corrected chi connectivity index (χ4v) is 4.15. The molecular weight excluding hydrogens is 328 g/mol. The zero-order chi connectivity index (χ0) is 17.4. The van der Waals surface area contributed by atoms with Gasteiger partial charge in [0.2, 0.25) is 0 Å². The third kappa shape index (κ3) is 3.99. The lowest BCUT2D eigenvalue weighted by Gasteiger charge is -2.41. The molecule has 2 fully saturated rings. The van der Waals surface area contributed by atoms with Gasteiger partial charge in [-0.15, -0.1) is 0 Å². The molecule has 134 valence electrons. The van der Waals surface area contributed by atoms with E-state index in [0.29, 0.717) is 19.6 Å². The zero-order valence-electron chi connectivity index (χ0n) is 14.6. The lowest BCUT2D eigenvalue weighted by Crippen LogP contribution is -2.46. The van der Waals surface area contributed by atoms with Crippen molar-refractivity contribution in [2.75, 3.05) is 19.8 Å². The van der Waals surface area contributed by atoms with E-state index < -0.39 is 15.9 Å². The largest absolute Gasteiger partial charge is 0.349 e. The third-order valence-corrected chi connectivity index (χ3v) is 6.05.